The summed E-state index contributed by atoms with van der Waals surface area (Å²) >= 11 is 0. The van der Waals surface area contributed by atoms with Crippen molar-refractivity contribution in [2.24, 2.45) is 17.8 Å². The largest absolute Gasteiger partial charge is 0.299 e. The Labute approximate surface area is 153 Å². The van der Waals surface area contributed by atoms with E-state index in [0.29, 0.717) is 5.92 Å². The molecule has 1 saturated carbocycles. The van der Waals surface area contributed by atoms with E-state index in [1.54, 1.807) is 0 Å². The average molecular weight is 354 g/mol. The first-order chi connectivity index (χ1) is 12.2. The smallest absolute Gasteiger partial charge is 0.128 e. The van der Waals surface area contributed by atoms with E-state index in [1.165, 1.54) is 18.4 Å². The van der Waals surface area contributed by atoms with Gasteiger partial charge >= 0.3 is 0 Å². The van der Waals surface area contributed by atoms with E-state index in [2.05, 4.69) is 82.9 Å². The van der Waals surface area contributed by atoms with Crippen molar-refractivity contribution in [3.8, 4) is 0 Å². The van der Waals surface area contributed by atoms with Crippen LogP contribution < -0.4 is 10.6 Å². The lowest BCUT2D eigenvalue weighted by Crippen LogP contribution is -2.63. The maximum atomic E-state index is 3.51. The lowest BCUT2D eigenvalue weighted by Gasteiger charge is -2.45. The Morgan fingerprint density at radius 2 is 1.68 bits per heavy atom. The van der Waals surface area contributed by atoms with Gasteiger partial charge in [-0.15, -0.1) is 0 Å². The molecule has 3 unspecified atom stereocenters. The number of nitrogens with zero attached hydrogens (tertiary/aromatic N) is 1. The molecule has 0 aromatic heterocycles. The molecule has 2 N–H and O–H groups in total. The summed E-state index contributed by atoms with van der Waals surface area (Å²) in [5.41, 5.74) is 2.32. The molecule has 1 aromatic carbocycles. The molecule has 25 heavy (non-hydrogen) atoms. The Morgan fingerprint density at radius 3 is 2.40 bits per heavy atom. The Morgan fingerprint density at radius 1 is 1.00 bits per heavy atom. The van der Waals surface area contributed by atoms with Gasteiger partial charge < -0.3 is 0 Å². The third kappa shape index (κ3) is 3.41. The highest BCUT2D eigenvalue weighted by atomic mass is 28.3. The molecule has 4 rings (SSSR count). The Bertz CT molecular complexity index is 634. The van der Waals surface area contributed by atoms with Crippen LogP contribution in [0.25, 0.3) is 0 Å². The van der Waals surface area contributed by atoms with Crippen LogP contribution in [0.15, 0.2) is 54.6 Å². The number of nitrogens with one attached hydrogen (secondary N) is 2. The van der Waals surface area contributed by atoms with Gasteiger partial charge in [-0.3, -0.25) is 15.2 Å². The van der Waals surface area contributed by atoms with Crippen molar-refractivity contribution in [2.45, 2.75) is 31.5 Å². The van der Waals surface area contributed by atoms with Crippen molar-refractivity contribution in [2.75, 3.05) is 20.0 Å². The molecular formula is C21H31N3Si. The molecule has 0 spiro atoms. The summed E-state index contributed by atoms with van der Waals surface area (Å²) < 4.78 is 2.72. The highest BCUT2D eigenvalue weighted by molar-refractivity contribution is 6.76. The van der Waals surface area contributed by atoms with E-state index in [4.69, 9.17) is 0 Å². The Kier molecular flexibility index (Phi) is 4.96. The first-order valence-electron chi connectivity index (χ1n) is 9.71. The van der Waals surface area contributed by atoms with E-state index in [1.807, 2.05) is 0 Å². The second-order valence-corrected chi connectivity index (χ2v) is 13.1. The molecule has 3 nitrogen and oxygen atoms in total. The third-order valence-corrected chi connectivity index (χ3v) is 11.1. The molecule has 134 valence electrons. The highest BCUT2D eigenvalue weighted by Crippen LogP contribution is 2.53. The third-order valence-electron chi connectivity index (χ3n) is 6.71. The average Bonchev–Trinajstić information content (AvgIpc) is 3.03. The van der Waals surface area contributed by atoms with Crippen LogP contribution in [0.4, 0.5) is 0 Å². The molecule has 1 heterocycles. The fourth-order valence-corrected chi connectivity index (χ4v) is 8.88. The lowest BCUT2D eigenvalue weighted by atomic mass is 9.83. The van der Waals surface area contributed by atoms with Crippen LogP contribution in [-0.4, -0.2) is 32.8 Å². The molecule has 0 radical (unpaired) electrons. The van der Waals surface area contributed by atoms with Gasteiger partial charge in [0.2, 0.25) is 0 Å². The summed E-state index contributed by atoms with van der Waals surface area (Å²) in [5, 5.41) is 7.01. The molecule has 4 atom stereocenters. The fraction of sp³-hybridized carbons (Fsp3) is 0.524. The van der Waals surface area contributed by atoms with Crippen LogP contribution in [0.1, 0.15) is 12.0 Å². The van der Waals surface area contributed by atoms with Gasteiger partial charge in [-0.25, -0.2) is 0 Å². The van der Waals surface area contributed by atoms with E-state index < -0.39 is 8.24 Å². The van der Waals surface area contributed by atoms with Gasteiger partial charge in [0.1, 0.15) is 8.24 Å². The Balaban J connectivity index is 1.56. The molecule has 0 bridgehead atoms. The molecule has 3 aliphatic rings. The predicted molar refractivity (Wildman–Crippen MR) is 107 cm³/mol. The van der Waals surface area contributed by atoms with Gasteiger partial charge in [0, 0.05) is 20.0 Å². The van der Waals surface area contributed by atoms with Crippen molar-refractivity contribution >= 4 is 8.24 Å². The molecule has 1 aromatic rings. The first-order valence-corrected chi connectivity index (χ1v) is 12.7. The lowest BCUT2D eigenvalue weighted by molar-refractivity contribution is 0.283. The number of rotatable bonds is 4. The SMILES string of the molecule is C[Si](C)(C1C[C@H](Cc2ccccc2)C2C=CC=CC21)N1CNCNC1. The number of allylic oxidation sites excluding steroid dienone is 4. The minimum atomic E-state index is -1.51. The van der Waals surface area contributed by atoms with E-state index in [9.17, 15) is 0 Å². The molecule has 1 aliphatic heterocycles. The van der Waals surface area contributed by atoms with Crippen molar-refractivity contribution in [3.63, 3.8) is 0 Å². The van der Waals surface area contributed by atoms with Crippen LogP contribution in [-0.2, 0) is 6.42 Å². The monoisotopic (exact) mass is 353 g/mol. The molecule has 2 aliphatic carbocycles. The number of hydrogen-bond donors (Lipinski definition) is 2. The van der Waals surface area contributed by atoms with Crippen LogP contribution in [0.3, 0.4) is 0 Å². The summed E-state index contributed by atoms with van der Waals surface area (Å²) in [7, 11) is -1.51. The van der Waals surface area contributed by atoms with Gasteiger partial charge in [-0.2, -0.15) is 0 Å². The molecule has 0 amide bonds. The minimum Gasteiger partial charge on any atom is -0.299 e. The second kappa shape index (κ2) is 7.20. The van der Waals surface area contributed by atoms with Crippen molar-refractivity contribution in [1.82, 2.24) is 15.2 Å². The zero-order valence-electron chi connectivity index (χ0n) is 15.5. The summed E-state index contributed by atoms with van der Waals surface area (Å²) in [5.74, 6) is 2.21. The quantitative estimate of drug-likeness (QED) is 0.811. The van der Waals surface area contributed by atoms with Crippen molar-refractivity contribution in [1.29, 1.82) is 0 Å². The van der Waals surface area contributed by atoms with E-state index in [-0.39, 0.29) is 0 Å². The van der Waals surface area contributed by atoms with Crippen LogP contribution in [0.2, 0.25) is 18.6 Å². The van der Waals surface area contributed by atoms with Crippen LogP contribution >= 0.6 is 0 Å². The van der Waals surface area contributed by atoms with Gasteiger partial charge in [-0.1, -0.05) is 67.7 Å². The highest BCUT2D eigenvalue weighted by Gasteiger charge is 2.50. The number of fused-ring (bicyclic) bond motifs is 1. The standard InChI is InChI=1S/C21H31N3Si/c1-25(2,24-15-22-14-23-16-24)21-13-18(12-17-8-4-3-5-9-17)19-10-6-7-11-20(19)21/h3-11,18-23H,12-16H2,1-2H3/t18-,19?,20?,21?/m0/s1. The van der Waals surface area contributed by atoms with E-state index in [0.717, 1.165) is 37.4 Å². The Hall–Kier alpha value is -1.20. The normalized spacial score (nSPS) is 32.7. The summed E-state index contributed by atoms with van der Waals surface area (Å²) in [4.78, 5) is 0. The number of hydrogen-bond acceptors (Lipinski definition) is 3. The second-order valence-electron chi connectivity index (χ2n) is 8.40. The zero-order valence-corrected chi connectivity index (χ0v) is 16.5. The predicted octanol–water partition coefficient (Wildman–Crippen LogP) is 3.55. The zero-order chi connectivity index (χ0) is 17.3. The van der Waals surface area contributed by atoms with Gasteiger partial charge in [0.25, 0.3) is 0 Å². The van der Waals surface area contributed by atoms with Crippen LogP contribution in [0.5, 0.6) is 0 Å². The molecular weight excluding hydrogens is 322 g/mol. The van der Waals surface area contributed by atoms with E-state index >= 15 is 0 Å². The minimum absolute atomic E-state index is 0.715. The molecule has 2 fully saturated rings. The van der Waals surface area contributed by atoms with Crippen molar-refractivity contribution in [3.05, 3.63) is 60.2 Å². The van der Waals surface area contributed by atoms with Gasteiger partial charge in [-0.05, 0) is 41.7 Å². The van der Waals surface area contributed by atoms with Crippen molar-refractivity contribution < 1.29 is 0 Å². The fourth-order valence-electron chi connectivity index (χ4n) is 5.22. The summed E-state index contributed by atoms with van der Waals surface area (Å²) in [6.45, 7) is 8.20. The van der Waals surface area contributed by atoms with Crippen LogP contribution in [0, 0.1) is 17.8 Å². The first kappa shape index (κ1) is 17.2. The van der Waals surface area contributed by atoms with Gasteiger partial charge in [0.05, 0.1) is 0 Å². The van der Waals surface area contributed by atoms with Gasteiger partial charge in [0.15, 0.2) is 0 Å². The molecule has 1 saturated heterocycles. The summed E-state index contributed by atoms with van der Waals surface area (Å²) in [6, 6.07) is 11.1. The topological polar surface area (TPSA) is 27.3 Å². The molecule has 4 heteroatoms. The summed E-state index contributed by atoms with van der Waals surface area (Å²) in [6.07, 6.45) is 12.2. The maximum Gasteiger partial charge on any atom is 0.128 e. The number of benzene rings is 1. The maximum absolute atomic E-state index is 3.51.